The Labute approximate surface area is 142 Å². The lowest BCUT2D eigenvalue weighted by Gasteiger charge is -2.35. The van der Waals surface area contributed by atoms with Gasteiger partial charge < -0.3 is 10.2 Å². The minimum Gasteiger partial charge on any atom is -0.343 e. The molecule has 24 heavy (non-hydrogen) atoms. The molecule has 0 bridgehead atoms. The third-order valence-corrected chi connectivity index (χ3v) is 5.76. The zero-order valence-corrected chi connectivity index (χ0v) is 14.6. The predicted molar refractivity (Wildman–Crippen MR) is 89.5 cm³/mol. The van der Waals surface area contributed by atoms with Gasteiger partial charge in [-0.05, 0) is 12.1 Å². The number of carbonyl (C=O) groups is 2. The van der Waals surface area contributed by atoms with E-state index in [9.17, 15) is 18.0 Å². The Balaban J connectivity index is 1.82. The van der Waals surface area contributed by atoms with Gasteiger partial charge in [-0.25, -0.2) is 0 Å². The third kappa shape index (κ3) is 4.31. The van der Waals surface area contributed by atoms with E-state index in [4.69, 9.17) is 0 Å². The lowest BCUT2D eigenvalue weighted by atomic mass is 10.2. The highest BCUT2D eigenvalue weighted by Crippen LogP contribution is 2.09. The van der Waals surface area contributed by atoms with Gasteiger partial charge in [0, 0.05) is 45.8 Å². The van der Waals surface area contributed by atoms with E-state index in [0.717, 1.165) is 4.31 Å². The first-order chi connectivity index (χ1) is 11.3. The molecule has 2 amide bonds. The molecule has 0 unspecified atom stereocenters. The Kier molecular flexibility index (Phi) is 5.92. The van der Waals surface area contributed by atoms with Gasteiger partial charge in [0.1, 0.15) is 0 Å². The summed E-state index contributed by atoms with van der Waals surface area (Å²) in [6.45, 7) is 1.02. The van der Waals surface area contributed by atoms with E-state index in [1.54, 1.807) is 29.2 Å². The first-order valence-electron chi connectivity index (χ1n) is 7.61. The van der Waals surface area contributed by atoms with Crippen molar-refractivity contribution in [2.75, 3.05) is 46.8 Å². The largest absolute Gasteiger partial charge is 0.343 e. The number of benzene rings is 1. The Morgan fingerprint density at radius 2 is 1.67 bits per heavy atom. The fourth-order valence-corrected chi connectivity index (χ4v) is 3.45. The molecule has 1 heterocycles. The highest BCUT2D eigenvalue weighted by atomic mass is 32.2. The summed E-state index contributed by atoms with van der Waals surface area (Å²) >= 11 is 0. The molecule has 1 saturated heterocycles. The van der Waals surface area contributed by atoms with Gasteiger partial charge in [0.15, 0.2) is 0 Å². The van der Waals surface area contributed by atoms with Crippen LogP contribution in [0.4, 0.5) is 0 Å². The van der Waals surface area contributed by atoms with Crippen LogP contribution in [0.15, 0.2) is 30.3 Å². The minimum absolute atomic E-state index is 0.103. The molecule has 8 nitrogen and oxygen atoms in total. The molecule has 132 valence electrons. The quantitative estimate of drug-likeness (QED) is 0.762. The second-order valence-electron chi connectivity index (χ2n) is 5.62. The average Bonchev–Trinajstić information content (AvgIpc) is 2.60. The maximum absolute atomic E-state index is 12.2. The molecule has 2 rings (SSSR count). The van der Waals surface area contributed by atoms with Crippen LogP contribution in [0.5, 0.6) is 0 Å². The van der Waals surface area contributed by atoms with Crippen molar-refractivity contribution in [3.05, 3.63) is 35.9 Å². The summed E-state index contributed by atoms with van der Waals surface area (Å²) in [5, 5.41) is 2.59. The summed E-state index contributed by atoms with van der Waals surface area (Å²) in [6.07, 6.45) is 0. The monoisotopic (exact) mass is 354 g/mol. The normalized spacial score (nSPS) is 16.2. The summed E-state index contributed by atoms with van der Waals surface area (Å²) in [4.78, 5) is 25.6. The Hall–Kier alpha value is -1.97. The van der Waals surface area contributed by atoms with Crippen LogP contribution in [0.1, 0.15) is 10.4 Å². The van der Waals surface area contributed by atoms with E-state index in [0.29, 0.717) is 18.7 Å². The lowest BCUT2D eigenvalue weighted by molar-refractivity contribution is -0.131. The number of amides is 2. The molecule has 9 heteroatoms. The number of nitrogens with zero attached hydrogens (tertiary/aromatic N) is 3. The molecular formula is C15H22N4O4S. The highest BCUT2D eigenvalue weighted by molar-refractivity contribution is 7.86. The van der Waals surface area contributed by atoms with E-state index >= 15 is 0 Å². The number of carbonyl (C=O) groups excluding carboxylic acids is 2. The maximum Gasteiger partial charge on any atom is 0.281 e. The van der Waals surface area contributed by atoms with Gasteiger partial charge >= 0.3 is 0 Å². The molecule has 1 aliphatic heterocycles. The van der Waals surface area contributed by atoms with Crippen molar-refractivity contribution in [2.24, 2.45) is 0 Å². The molecule has 1 aromatic carbocycles. The molecule has 0 radical (unpaired) electrons. The molecule has 1 fully saturated rings. The van der Waals surface area contributed by atoms with Crippen molar-refractivity contribution in [3.63, 3.8) is 0 Å². The molecule has 0 spiro atoms. The van der Waals surface area contributed by atoms with Gasteiger partial charge in [0.2, 0.25) is 5.91 Å². The molecule has 0 atom stereocenters. The highest BCUT2D eigenvalue weighted by Gasteiger charge is 2.30. The zero-order valence-electron chi connectivity index (χ0n) is 13.8. The number of hydrogen-bond donors (Lipinski definition) is 1. The predicted octanol–water partition coefficient (Wildman–Crippen LogP) is -0.633. The summed E-state index contributed by atoms with van der Waals surface area (Å²) < 4.78 is 26.6. The van der Waals surface area contributed by atoms with E-state index in [-0.39, 0.29) is 31.4 Å². The summed E-state index contributed by atoms with van der Waals surface area (Å²) in [7, 11) is -0.496. The van der Waals surface area contributed by atoms with Crippen molar-refractivity contribution in [2.45, 2.75) is 0 Å². The first kappa shape index (κ1) is 18.4. The van der Waals surface area contributed by atoms with Crippen molar-refractivity contribution in [1.82, 2.24) is 18.8 Å². The fourth-order valence-electron chi connectivity index (χ4n) is 2.36. The van der Waals surface area contributed by atoms with Crippen LogP contribution in [0.2, 0.25) is 0 Å². The fraction of sp³-hybridized carbons (Fsp3) is 0.467. The minimum atomic E-state index is -3.45. The van der Waals surface area contributed by atoms with Gasteiger partial charge in [0.25, 0.3) is 16.1 Å². The van der Waals surface area contributed by atoms with Gasteiger partial charge in [-0.2, -0.15) is 17.0 Å². The molecular weight excluding hydrogens is 332 g/mol. The summed E-state index contributed by atoms with van der Waals surface area (Å²) in [5.41, 5.74) is 0.493. The Morgan fingerprint density at radius 3 is 2.21 bits per heavy atom. The van der Waals surface area contributed by atoms with Crippen LogP contribution in [0.3, 0.4) is 0 Å². The van der Waals surface area contributed by atoms with E-state index in [1.165, 1.54) is 18.4 Å². The van der Waals surface area contributed by atoms with Gasteiger partial charge in [-0.3, -0.25) is 9.59 Å². The van der Waals surface area contributed by atoms with Crippen molar-refractivity contribution >= 4 is 22.0 Å². The van der Waals surface area contributed by atoms with Crippen molar-refractivity contribution in [1.29, 1.82) is 0 Å². The van der Waals surface area contributed by atoms with E-state index < -0.39 is 10.2 Å². The maximum atomic E-state index is 12.2. The molecule has 0 aromatic heterocycles. The van der Waals surface area contributed by atoms with Crippen LogP contribution in [0, 0.1) is 0 Å². The lowest BCUT2D eigenvalue weighted by Crippen LogP contribution is -2.54. The standard InChI is InChI=1S/C15H22N4O4S/c1-17(2)24(22,23)19-10-8-18(9-11-19)14(20)12-16-15(21)13-6-4-3-5-7-13/h3-7H,8-12H2,1-2H3,(H,16,21). The number of nitrogens with one attached hydrogen (secondary N) is 1. The second kappa shape index (κ2) is 7.73. The average molecular weight is 354 g/mol. The van der Waals surface area contributed by atoms with Gasteiger partial charge in [0.05, 0.1) is 6.54 Å². The van der Waals surface area contributed by atoms with Crippen LogP contribution in [0.25, 0.3) is 0 Å². The zero-order chi connectivity index (χ0) is 17.7. The van der Waals surface area contributed by atoms with Crippen molar-refractivity contribution < 1.29 is 18.0 Å². The first-order valence-corrected chi connectivity index (χ1v) is 9.00. The molecule has 1 aromatic rings. The number of piperazine rings is 1. The van der Waals surface area contributed by atoms with Gasteiger partial charge in [-0.15, -0.1) is 0 Å². The second-order valence-corrected chi connectivity index (χ2v) is 7.76. The Morgan fingerprint density at radius 1 is 1.08 bits per heavy atom. The number of hydrogen-bond acceptors (Lipinski definition) is 4. The third-order valence-electron chi connectivity index (χ3n) is 3.82. The summed E-state index contributed by atoms with van der Waals surface area (Å²) in [5.74, 6) is -0.529. The Bertz CT molecular complexity index is 683. The smallest absolute Gasteiger partial charge is 0.281 e. The number of rotatable bonds is 5. The van der Waals surface area contributed by atoms with Crippen LogP contribution < -0.4 is 5.32 Å². The van der Waals surface area contributed by atoms with Crippen LogP contribution in [-0.4, -0.2) is 80.6 Å². The van der Waals surface area contributed by atoms with Crippen molar-refractivity contribution in [3.8, 4) is 0 Å². The molecule has 0 saturated carbocycles. The van der Waals surface area contributed by atoms with Gasteiger partial charge in [-0.1, -0.05) is 18.2 Å². The van der Waals surface area contributed by atoms with Crippen LogP contribution in [-0.2, 0) is 15.0 Å². The van der Waals surface area contributed by atoms with Crippen LogP contribution >= 0.6 is 0 Å². The molecule has 1 N–H and O–H groups in total. The van der Waals surface area contributed by atoms with E-state index in [1.807, 2.05) is 6.07 Å². The summed E-state index contributed by atoms with van der Waals surface area (Å²) in [6, 6.07) is 8.65. The SMILES string of the molecule is CN(C)S(=O)(=O)N1CCN(C(=O)CNC(=O)c2ccccc2)CC1. The molecule has 0 aliphatic carbocycles. The topological polar surface area (TPSA) is 90.0 Å². The molecule has 1 aliphatic rings. The van der Waals surface area contributed by atoms with E-state index in [2.05, 4.69) is 5.32 Å².